The number of non-ortho nitro benzene ring substituents is 1. The van der Waals surface area contributed by atoms with Gasteiger partial charge in [0, 0.05) is 31.8 Å². The summed E-state index contributed by atoms with van der Waals surface area (Å²) < 4.78 is 0. The van der Waals surface area contributed by atoms with E-state index in [2.05, 4.69) is 21.8 Å². The van der Waals surface area contributed by atoms with Gasteiger partial charge in [0.05, 0.1) is 16.0 Å². The molecule has 1 saturated heterocycles. The van der Waals surface area contributed by atoms with Crippen LogP contribution < -0.4 is 16.5 Å². The number of rotatable bonds is 4. The third kappa shape index (κ3) is 3.30. The molecule has 1 aromatic heterocycles. The lowest BCUT2D eigenvalue weighted by Crippen LogP contribution is -2.41. The molecule has 0 unspecified atom stereocenters. The number of piperidine rings is 1. The Morgan fingerprint density at radius 1 is 1.17 bits per heavy atom. The van der Waals surface area contributed by atoms with Crippen LogP contribution in [0.3, 0.4) is 0 Å². The van der Waals surface area contributed by atoms with E-state index < -0.39 is 16.0 Å². The lowest BCUT2D eigenvalue weighted by Gasteiger charge is -2.27. The Hall–Kier alpha value is -2.52. The van der Waals surface area contributed by atoms with E-state index in [1.807, 2.05) is 5.01 Å². The number of aromatic nitrogens is 2. The average Bonchev–Trinajstić information content (AvgIpc) is 2.54. The third-order valence-corrected chi connectivity index (χ3v) is 3.81. The highest BCUT2D eigenvalue weighted by atomic mass is 16.6. The first-order chi connectivity index (χ1) is 11.0. The predicted molar refractivity (Wildman–Crippen MR) is 83.8 cm³/mol. The Labute approximate surface area is 130 Å². The van der Waals surface area contributed by atoms with Gasteiger partial charge in [-0.1, -0.05) is 0 Å². The van der Waals surface area contributed by atoms with E-state index in [9.17, 15) is 19.7 Å². The quantitative estimate of drug-likeness (QED) is 0.426. The van der Waals surface area contributed by atoms with Gasteiger partial charge in [-0.15, -0.1) is 0 Å². The molecule has 1 fully saturated rings. The summed E-state index contributed by atoms with van der Waals surface area (Å²) in [6, 6.07) is 2.64. The van der Waals surface area contributed by atoms with E-state index in [-0.39, 0.29) is 11.2 Å². The second kappa shape index (κ2) is 6.31. The summed E-state index contributed by atoms with van der Waals surface area (Å²) in [6.45, 7) is 2.04. The number of hydrogen-bond acceptors (Lipinski definition) is 6. The molecule has 1 radical (unpaired) electrons. The number of nitro groups is 1. The van der Waals surface area contributed by atoms with E-state index in [0.717, 1.165) is 25.9 Å². The van der Waals surface area contributed by atoms with E-state index >= 15 is 0 Å². The van der Waals surface area contributed by atoms with Crippen molar-refractivity contribution >= 4 is 16.7 Å². The van der Waals surface area contributed by atoms with Gasteiger partial charge in [0.15, 0.2) is 0 Å². The van der Waals surface area contributed by atoms with Crippen LogP contribution in [0.2, 0.25) is 0 Å². The first-order valence-electron chi connectivity index (χ1n) is 7.28. The van der Waals surface area contributed by atoms with E-state index in [0.29, 0.717) is 17.6 Å². The van der Waals surface area contributed by atoms with Gasteiger partial charge >= 0.3 is 11.1 Å². The molecule has 3 N–H and O–H groups in total. The highest BCUT2D eigenvalue weighted by Gasteiger charge is 2.15. The smallest absolute Gasteiger partial charge is 0.314 e. The molecular weight excluding hydrogens is 302 g/mol. The molecule has 121 valence electrons. The molecule has 2 aromatic rings. The highest BCUT2D eigenvalue weighted by molar-refractivity contribution is 5.80. The number of hydrazine groups is 1. The number of aromatic amines is 2. The first kappa shape index (κ1) is 15.4. The zero-order valence-electron chi connectivity index (χ0n) is 12.3. The number of nitro benzene ring substituents is 1. The van der Waals surface area contributed by atoms with Crippen molar-refractivity contribution in [3.8, 4) is 0 Å². The van der Waals surface area contributed by atoms with E-state index in [1.54, 1.807) is 0 Å². The summed E-state index contributed by atoms with van der Waals surface area (Å²) in [5, 5.41) is 13.1. The van der Waals surface area contributed by atoms with Crippen LogP contribution in [-0.2, 0) is 6.54 Å². The number of fused-ring (bicyclic) bond motifs is 1. The van der Waals surface area contributed by atoms with Crippen molar-refractivity contribution in [2.45, 2.75) is 19.4 Å². The fraction of sp³-hybridized carbons (Fsp3) is 0.357. The molecule has 3 rings (SSSR count). The molecule has 0 aliphatic carbocycles. The number of H-pyrrole nitrogens is 2. The van der Waals surface area contributed by atoms with Crippen LogP contribution >= 0.6 is 0 Å². The van der Waals surface area contributed by atoms with Crippen LogP contribution in [0.1, 0.15) is 18.4 Å². The monoisotopic (exact) mass is 318 g/mol. The molecule has 9 nitrogen and oxygen atoms in total. The van der Waals surface area contributed by atoms with Crippen molar-refractivity contribution in [1.29, 1.82) is 0 Å². The van der Waals surface area contributed by atoms with Crippen LogP contribution in [0.15, 0.2) is 21.7 Å². The maximum absolute atomic E-state index is 11.5. The molecule has 9 heteroatoms. The molecule has 0 bridgehead atoms. The van der Waals surface area contributed by atoms with Crippen molar-refractivity contribution < 1.29 is 4.92 Å². The minimum absolute atomic E-state index is 0.135. The van der Waals surface area contributed by atoms with Gasteiger partial charge in [-0.05, 0) is 24.8 Å². The van der Waals surface area contributed by atoms with E-state index in [1.165, 1.54) is 12.1 Å². The number of benzene rings is 1. The zero-order chi connectivity index (χ0) is 16.4. The number of nitrogens with one attached hydrogen (secondary N) is 3. The summed E-state index contributed by atoms with van der Waals surface area (Å²) in [6.07, 6.45) is 4.17. The van der Waals surface area contributed by atoms with Gasteiger partial charge in [-0.2, -0.15) is 0 Å². The molecule has 0 amide bonds. The van der Waals surface area contributed by atoms with E-state index in [4.69, 9.17) is 0 Å². The third-order valence-electron chi connectivity index (χ3n) is 3.81. The molecular formula is C14H16N5O4. The Kier molecular flexibility index (Phi) is 4.22. The Bertz CT molecular complexity index is 850. The first-order valence-corrected chi connectivity index (χ1v) is 7.28. The Morgan fingerprint density at radius 2 is 1.87 bits per heavy atom. The SMILES string of the molecule is O=c1[nH]c2cc([N+](=O)[O-])cc(CNN3CC[CH]CC3)c2[nH]c1=O. The molecule has 23 heavy (non-hydrogen) atoms. The Balaban J connectivity index is 1.98. The minimum atomic E-state index is -0.830. The normalized spacial score (nSPS) is 15.8. The summed E-state index contributed by atoms with van der Waals surface area (Å²) in [5.74, 6) is 0. The lowest BCUT2D eigenvalue weighted by molar-refractivity contribution is -0.384. The molecule has 1 aromatic carbocycles. The standard InChI is InChI=1S/C14H16N5O4/c20-13-14(21)17-12-9(8-15-18-4-2-1-3-5-18)6-10(19(22)23)7-11(12)16-13/h1,6-7,15H,2-5,8H2,(H,16,20)(H,17,21). The van der Waals surface area contributed by atoms with Crippen LogP contribution in [-0.4, -0.2) is 33.0 Å². The van der Waals surface area contributed by atoms with Gasteiger partial charge in [0.2, 0.25) is 0 Å². The topological polar surface area (TPSA) is 124 Å². The van der Waals surface area contributed by atoms with Crippen molar-refractivity contribution in [2.24, 2.45) is 0 Å². The van der Waals surface area contributed by atoms with Crippen LogP contribution in [0.4, 0.5) is 5.69 Å². The van der Waals surface area contributed by atoms with Gasteiger partial charge in [0.1, 0.15) is 0 Å². The molecule has 0 saturated carbocycles. The van der Waals surface area contributed by atoms with Crippen LogP contribution in [0, 0.1) is 16.5 Å². The zero-order valence-corrected chi connectivity index (χ0v) is 12.3. The molecule has 2 heterocycles. The van der Waals surface area contributed by atoms with Crippen LogP contribution in [0.5, 0.6) is 0 Å². The Morgan fingerprint density at radius 3 is 2.57 bits per heavy atom. The van der Waals surface area contributed by atoms with Crippen LogP contribution in [0.25, 0.3) is 11.0 Å². The van der Waals surface area contributed by atoms with Crippen molar-refractivity contribution in [1.82, 2.24) is 20.4 Å². The fourth-order valence-corrected chi connectivity index (χ4v) is 2.63. The molecule has 0 atom stereocenters. The lowest BCUT2D eigenvalue weighted by atomic mass is 10.1. The number of nitrogens with zero attached hydrogens (tertiary/aromatic N) is 2. The van der Waals surface area contributed by atoms with Crippen molar-refractivity contribution in [3.63, 3.8) is 0 Å². The minimum Gasteiger partial charge on any atom is -0.316 e. The highest BCUT2D eigenvalue weighted by Crippen LogP contribution is 2.21. The predicted octanol–water partition coefficient (Wildman–Crippen LogP) is 0.429. The maximum atomic E-state index is 11.5. The van der Waals surface area contributed by atoms with Gasteiger partial charge in [-0.3, -0.25) is 25.1 Å². The molecule has 0 spiro atoms. The summed E-state index contributed by atoms with van der Waals surface area (Å²) in [7, 11) is 0. The second-order valence-electron chi connectivity index (χ2n) is 5.38. The van der Waals surface area contributed by atoms with Crippen molar-refractivity contribution in [2.75, 3.05) is 13.1 Å². The summed E-state index contributed by atoms with van der Waals surface area (Å²) in [5.41, 5.74) is 2.66. The maximum Gasteiger partial charge on any atom is 0.314 e. The summed E-state index contributed by atoms with van der Waals surface area (Å²) >= 11 is 0. The average molecular weight is 318 g/mol. The fourth-order valence-electron chi connectivity index (χ4n) is 2.63. The van der Waals surface area contributed by atoms with Gasteiger partial charge in [-0.25, -0.2) is 5.01 Å². The largest absolute Gasteiger partial charge is 0.316 e. The van der Waals surface area contributed by atoms with Gasteiger partial charge < -0.3 is 9.97 Å². The molecule has 1 aliphatic heterocycles. The second-order valence-corrected chi connectivity index (χ2v) is 5.38. The van der Waals surface area contributed by atoms with Crippen molar-refractivity contribution in [3.05, 3.63) is 54.9 Å². The van der Waals surface area contributed by atoms with Gasteiger partial charge in [0.25, 0.3) is 5.69 Å². The summed E-state index contributed by atoms with van der Waals surface area (Å²) in [4.78, 5) is 38.4. The number of hydrogen-bond donors (Lipinski definition) is 3. The molecule has 1 aliphatic rings.